The average Bonchev–Trinajstić information content (AvgIpc) is 3.37. The number of halogens is 1. The molecular formula is C18H16ClN7O. The Morgan fingerprint density at radius 1 is 1.15 bits per heavy atom. The monoisotopic (exact) mass is 381 g/mol. The van der Waals surface area contributed by atoms with Gasteiger partial charge in [0.05, 0.1) is 22.0 Å². The van der Waals surface area contributed by atoms with E-state index in [2.05, 4.69) is 30.8 Å². The van der Waals surface area contributed by atoms with Gasteiger partial charge in [-0.2, -0.15) is 20.0 Å². The number of amides is 1. The molecule has 0 aliphatic rings. The predicted octanol–water partition coefficient (Wildman–Crippen LogP) is 3.51. The maximum atomic E-state index is 12.9. The van der Waals surface area contributed by atoms with Gasteiger partial charge in [-0.3, -0.25) is 15.0 Å². The van der Waals surface area contributed by atoms with E-state index < -0.39 is 0 Å². The highest BCUT2D eigenvalue weighted by molar-refractivity contribution is 6.34. The van der Waals surface area contributed by atoms with Gasteiger partial charge in [-0.05, 0) is 32.0 Å². The molecule has 0 aliphatic heterocycles. The summed E-state index contributed by atoms with van der Waals surface area (Å²) in [6.45, 7) is 3.74. The number of aromatic nitrogens is 6. The highest BCUT2D eigenvalue weighted by Crippen LogP contribution is 2.25. The Kier molecular flexibility index (Phi) is 4.25. The first-order valence-corrected chi connectivity index (χ1v) is 8.59. The van der Waals surface area contributed by atoms with Crippen LogP contribution < -0.4 is 5.32 Å². The maximum Gasteiger partial charge on any atom is 0.258 e. The molecule has 0 unspecified atom stereocenters. The quantitative estimate of drug-likeness (QED) is 0.503. The van der Waals surface area contributed by atoms with Crippen LogP contribution in [0.5, 0.6) is 0 Å². The number of aromatic amines is 2. The molecule has 4 aromatic rings. The maximum absolute atomic E-state index is 12.9. The van der Waals surface area contributed by atoms with Gasteiger partial charge < -0.3 is 5.32 Å². The van der Waals surface area contributed by atoms with E-state index in [1.807, 2.05) is 32.0 Å². The molecule has 9 heteroatoms. The van der Waals surface area contributed by atoms with Crippen LogP contribution in [-0.2, 0) is 0 Å². The Bertz CT molecular complexity index is 1110. The lowest BCUT2D eigenvalue weighted by atomic mass is 10.1. The summed E-state index contributed by atoms with van der Waals surface area (Å²) >= 11 is 6.26. The van der Waals surface area contributed by atoms with Crippen LogP contribution in [0.4, 0.5) is 5.82 Å². The summed E-state index contributed by atoms with van der Waals surface area (Å²) in [6, 6.07) is 10.6. The highest BCUT2D eigenvalue weighted by atomic mass is 35.5. The van der Waals surface area contributed by atoms with E-state index in [0.717, 1.165) is 22.6 Å². The molecule has 136 valence electrons. The molecule has 27 heavy (non-hydrogen) atoms. The van der Waals surface area contributed by atoms with Crippen LogP contribution in [0.1, 0.15) is 21.7 Å². The van der Waals surface area contributed by atoms with E-state index in [1.54, 1.807) is 29.1 Å². The summed E-state index contributed by atoms with van der Waals surface area (Å²) in [5, 5.41) is 21.6. The van der Waals surface area contributed by atoms with Gasteiger partial charge in [0, 0.05) is 29.6 Å². The zero-order valence-corrected chi connectivity index (χ0v) is 15.4. The van der Waals surface area contributed by atoms with Crippen LogP contribution in [0.2, 0.25) is 5.02 Å². The van der Waals surface area contributed by atoms with E-state index in [4.69, 9.17) is 11.6 Å². The van der Waals surface area contributed by atoms with Crippen molar-refractivity contribution in [3.05, 3.63) is 64.6 Å². The van der Waals surface area contributed by atoms with E-state index in [9.17, 15) is 4.79 Å². The van der Waals surface area contributed by atoms with Crippen molar-refractivity contribution in [2.75, 3.05) is 5.32 Å². The van der Waals surface area contributed by atoms with Gasteiger partial charge in [-0.25, -0.2) is 0 Å². The molecule has 3 aromatic heterocycles. The average molecular weight is 382 g/mol. The molecule has 0 aliphatic carbocycles. The fourth-order valence-corrected chi connectivity index (χ4v) is 2.94. The summed E-state index contributed by atoms with van der Waals surface area (Å²) in [5.74, 6) is 0.753. The van der Waals surface area contributed by atoms with Gasteiger partial charge in [-0.15, -0.1) is 0 Å². The third kappa shape index (κ3) is 3.34. The molecule has 8 nitrogen and oxygen atoms in total. The number of nitrogens with one attached hydrogen (secondary N) is 3. The summed E-state index contributed by atoms with van der Waals surface area (Å²) in [4.78, 5) is 12.9. The number of benzene rings is 1. The number of hydrogen-bond donors (Lipinski definition) is 3. The third-order valence-corrected chi connectivity index (χ3v) is 4.32. The second-order valence-electron chi connectivity index (χ2n) is 6.10. The molecule has 4 rings (SSSR count). The van der Waals surface area contributed by atoms with Crippen molar-refractivity contribution in [2.24, 2.45) is 0 Å². The van der Waals surface area contributed by atoms with Crippen LogP contribution >= 0.6 is 11.6 Å². The Hall–Kier alpha value is -3.39. The van der Waals surface area contributed by atoms with Crippen LogP contribution in [0, 0.1) is 13.8 Å². The van der Waals surface area contributed by atoms with Gasteiger partial charge in [0.2, 0.25) is 0 Å². The molecule has 1 aromatic carbocycles. The van der Waals surface area contributed by atoms with E-state index in [1.165, 1.54) is 0 Å². The Labute approximate surface area is 159 Å². The molecule has 0 saturated heterocycles. The lowest BCUT2D eigenvalue weighted by molar-refractivity contribution is 0.102. The highest BCUT2D eigenvalue weighted by Gasteiger charge is 2.17. The van der Waals surface area contributed by atoms with Crippen LogP contribution in [0.15, 0.2) is 42.6 Å². The van der Waals surface area contributed by atoms with E-state index >= 15 is 0 Å². The van der Waals surface area contributed by atoms with Crippen molar-refractivity contribution in [3.8, 4) is 17.1 Å². The minimum atomic E-state index is -0.342. The molecule has 0 spiro atoms. The van der Waals surface area contributed by atoms with Gasteiger partial charge in [0.15, 0.2) is 5.82 Å². The van der Waals surface area contributed by atoms with Crippen molar-refractivity contribution in [3.63, 3.8) is 0 Å². The number of hydrogen-bond acceptors (Lipinski definition) is 4. The van der Waals surface area contributed by atoms with Crippen LogP contribution in [0.3, 0.4) is 0 Å². The number of rotatable bonds is 4. The van der Waals surface area contributed by atoms with Gasteiger partial charge in [0.25, 0.3) is 5.91 Å². The van der Waals surface area contributed by atoms with Crippen LogP contribution in [0.25, 0.3) is 17.1 Å². The number of nitrogens with zero attached hydrogens (tertiary/aromatic N) is 4. The first-order chi connectivity index (χ1) is 13.0. The van der Waals surface area contributed by atoms with E-state index in [-0.39, 0.29) is 5.91 Å². The minimum Gasteiger partial charge on any atom is -0.306 e. The summed E-state index contributed by atoms with van der Waals surface area (Å²) < 4.78 is 1.57. The minimum absolute atomic E-state index is 0.342. The number of aryl methyl sites for hydroxylation is 2. The van der Waals surface area contributed by atoms with E-state index in [0.29, 0.717) is 22.2 Å². The Morgan fingerprint density at radius 3 is 2.70 bits per heavy atom. The van der Waals surface area contributed by atoms with Crippen molar-refractivity contribution >= 4 is 23.3 Å². The first kappa shape index (κ1) is 17.0. The molecule has 0 bridgehead atoms. The summed E-state index contributed by atoms with van der Waals surface area (Å²) in [5.41, 5.74) is 3.51. The van der Waals surface area contributed by atoms with Crippen molar-refractivity contribution in [1.82, 2.24) is 30.2 Å². The number of carbonyl (C=O) groups is 1. The predicted molar refractivity (Wildman–Crippen MR) is 102 cm³/mol. The normalized spacial score (nSPS) is 10.9. The Balaban J connectivity index is 1.67. The van der Waals surface area contributed by atoms with Gasteiger partial charge in [0.1, 0.15) is 5.82 Å². The zero-order chi connectivity index (χ0) is 19.0. The number of H-pyrrole nitrogens is 2. The zero-order valence-electron chi connectivity index (χ0n) is 14.6. The van der Waals surface area contributed by atoms with Gasteiger partial charge >= 0.3 is 0 Å². The largest absolute Gasteiger partial charge is 0.306 e. The van der Waals surface area contributed by atoms with Crippen molar-refractivity contribution in [2.45, 2.75) is 13.8 Å². The molecule has 0 radical (unpaired) electrons. The molecule has 0 atom stereocenters. The van der Waals surface area contributed by atoms with Crippen molar-refractivity contribution < 1.29 is 4.79 Å². The lowest BCUT2D eigenvalue weighted by Gasteiger charge is -2.09. The SMILES string of the molecule is Cc1cc(NC(=O)c2cc(-c3cc[nH]n3)ccc2Cl)n(-c2cc(C)[nH]n2)n1. The number of anilines is 1. The fourth-order valence-electron chi connectivity index (χ4n) is 2.74. The van der Waals surface area contributed by atoms with Crippen molar-refractivity contribution in [1.29, 1.82) is 0 Å². The fraction of sp³-hybridized carbons (Fsp3) is 0.111. The first-order valence-electron chi connectivity index (χ1n) is 8.21. The molecule has 3 N–H and O–H groups in total. The summed E-state index contributed by atoms with van der Waals surface area (Å²) in [7, 11) is 0. The third-order valence-electron chi connectivity index (χ3n) is 3.99. The second-order valence-corrected chi connectivity index (χ2v) is 6.51. The smallest absolute Gasteiger partial charge is 0.258 e. The number of carbonyl (C=O) groups excluding carboxylic acids is 1. The molecule has 3 heterocycles. The summed E-state index contributed by atoms with van der Waals surface area (Å²) in [6.07, 6.45) is 1.72. The standard InChI is InChI=1S/C18H16ClN7O/c1-10-7-17(24-22-10)26-16(8-11(2)25-26)21-18(27)13-9-12(3-4-14(13)19)15-5-6-20-23-15/h3-9H,1-2H3,(H,20,23)(H,21,27)(H,22,24). The lowest BCUT2D eigenvalue weighted by Crippen LogP contribution is -2.16. The Morgan fingerprint density at radius 2 is 2.00 bits per heavy atom. The van der Waals surface area contributed by atoms with Gasteiger partial charge in [-0.1, -0.05) is 17.7 Å². The molecule has 0 fully saturated rings. The topological polar surface area (TPSA) is 104 Å². The second kappa shape index (κ2) is 6.73. The van der Waals surface area contributed by atoms with Crippen LogP contribution in [-0.4, -0.2) is 36.1 Å². The molecular weight excluding hydrogens is 366 g/mol. The molecule has 1 amide bonds. The molecule has 0 saturated carbocycles.